The Morgan fingerprint density at radius 3 is 2.79 bits per heavy atom. The van der Waals surface area contributed by atoms with Gasteiger partial charge in [0.25, 0.3) is 0 Å². The van der Waals surface area contributed by atoms with Gasteiger partial charge in [-0.3, -0.25) is 4.57 Å². The Morgan fingerprint density at radius 2 is 2.05 bits per heavy atom. The number of carbonyl (C=O) groups excluding carboxylic acids is 1. The normalized spacial score (nSPS) is 16.6. The first kappa shape index (κ1) is 25.4. The van der Waals surface area contributed by atoms with Gasteiger partial charge in [-0.25, -0.2) is 9.59 Å². The van der Waals surface area contributed by atoms with Crippen LogP contribution in [0, 0.1) is 0 Å². The van der Waals surface area contributed by atoms with E-state index in [1.807, 2.05) is 45.1 Å². The highest BCUT2D eigenvalue weighted by molar-refractivity contribution is 5.72. The van der Waals surface area contributed by atoms with Crippen LogP contribution in [0.3, 0.4) is 0 Å². The molecule has 198 valence electrons. The fraction of sp³-hybridized carbons (Fsp3) is 0.345. The molecule has 0 N–H and O–H groups in total. The number of nitrogens with zero attached hydrogens (tertiary/aromatic N) is 2. The monoisotopic (exact) mass is 518 g/mol. The zero-order chi connectivity index (χ0) is 26.7. The highest BCUT2D eigenvalue weighted by Crippen LogP contribution is 2.34. The van der Waals surface area contributed by atoms with E-state index in [1.54, 1.807) is 16.7 Å². The molecule has 38 heavy (non-hydrogen) atoms. The van der Waals surface area contributed by atoms with Crippen LogP contribution in [-0.2, 0) is 32.0 Å². The molecule has 1 atom stereocenters. The maximum atomic E-state index is 13.0. The minimum absolute atomic E-state index is 0.183. The van der Waals surface area contributed by atoms with Crippen LogP contribution in [-0.4, -0.2) is 33.8 Å². The molecule has 2 aromatic rings. The molecule has 0 saturated heterocycles. The number of aromatic nitrogens is 2. The van der Waals surface area contributed by atoms with E-state index in [0.717, 1.165) is 29.5 Å². The van der Waals surface area contributed by atoms with Gasteiger partial charge in [0.05, 0.1) is 5.69 Å². The molecule has 0 bridgehead atoms. The Kier molecular flexibility index (Phi) is 7.09. The molecule has 1 aromatic heterocycles. The van der Waals surface area contributed by atoms with Gasteiger partial charge in [0.1, 0.15) is 30.1 Å². The minimum Gasteiger partial charge on any atom is -0.482 e. The first-order valence-electron chi connectivity index (χ1n) is 12.6. The number of esters is 1. The number of benzene rings is 1. The second-order valence-electron chi connectivity index (χ2n) is 10.1. The molecule has 0 radical (unpaired) electrons. The molecular weight excluding hydrogens is 488 g/mol. The summed E-state index contributed by atoms with van der Waals surface area (Å²) in [5, 5.41) is 0. The van der Waals surface area contributed by atoms with E-state index in [0.29, 0.717) is 30.2 Å². The molecule has 3 heterocycles. The van der Waals surface area contributed by atoms with Gasteiger partial charge in [0.15, 0.2) is 18.5 Å². The molecule has 1 unspecified atom stereocenters. The lowest BCUT2D eigenvalue weighted by Gasteiger charge is -2.26. The van der Waals surface area contributed by atoms with Crippen molar-refractivity contribution >= 4 is 5.97 Å². The number of hydrogen-bond donors (Lipinski definition) is 0. The number of rotatable bonds is 7. The predicted molar refractivity (Wildman–Crippen MR) is 139 cm³/mol. The average Bonchev–Trinajstić information content (AvgIpc) is 2.90. The van der Waals surface area contributed by atoms with Gasteiger partial charge < -0.3 is 23.7 Å². The first-order chi connectivity index (χ1) is 18.3. The summed E-state index contributed by atoms with van der Waals surface area (Å²) in [6.45, 7) is 5.72. The van der Waals surface area contributed by atoms with Gasteiger partial charge in [-0.1, -0.05) is 18.2 Å². The van der Waals surface area contributed by atoms with Gasteiger partial charge in [0, 0.05) is 18.2 Å². The third kappa shape index (κ3) is 5.82. The molecule has 1 aliphatic carbocycles. The quantitative estimate of drug-likeness (QED) is 0.492. The third-order valence-electron chi connectivity index (χ3n) is 6.12. The molecule has 3 aliphatic rings. The zero-order valence-corrected chi connectivity index (χ0v) is 21.6. The van der Waals surface area contributed by atoms with Crippen molar-refractivity contribution < 1.29 is 28.5 Å². The van der Waals surface area contributed by atoms with Crippen molar-refractivity contribution in [3.63, 3.8) is 0 Å². The summed E-state index contributed by atoms with van der Waals surface area (Å²) in [6.07, 6.45) is 12.1. The van der Waals surface area contributed by atoms with Crippen LogP contribution in [0.2, 0.25) is 0 Å². The number of ether oxygens (including phenoxy) is 5. The number of fused-ring (bicyclic) bond motifs is 3. The van der Waals surface area contributed by atoms with E-state index in [9.17, 15) is 9.59 Å². The van der Waals surface area contributed by atoms with E-state index in [1.165, 1.54) is 18.8 Å². The average molecular weight is 519 g/mol. The standard InChI is InChI=1S/C29H30N2O7/c1-29(2,3)38-26(32)18-36-21-9-10-22-20(15-21)11-12-31-23(22)16-25(30-28(31)33)37-27(19-7-5-4-6-8-19)24-17-34-13-14-35-24/h4-5,7,9-10,13-17,27H,6,8,11-12,18H2,1-3H3. The van der Waals surface area contributed by atoms with Crippen LogP contribution in [0.4, 0.5) is 0 Å². The lowest BCUT2D eigenvalue weighted by Crippen LogP contribution is -2.31. The Morgan fingerprint density at radius 1 is 1.18 bits per heavy atom. The van der Waals surface area contributed by atoms with E-state index in [4.69, 9.17) is 23.7 Å². The SMILES string of the molecule is CC(C)(C)OC(=O)COc1ccc2c(c1)CCn1c-2cc(OC(C2=CC=CCC2)C2=COC=CO2)nc1=O. The van der Waals surface area contributed by atoms with Gasteiger partial charge >= 0.3 is 11.7 Å². The topological polar surface area (TPSA) is 98.1 Å². The van der Waals surface area contributed by atoms with E-state index < -0.39 is 17.7 Å². The molecule has 5 rings (SSSR count). The summed E-state index contributed by atoms with van der Waals surface area (Å²) in [7, 11) is 0. The van der Waals surface area contributed by atoms with Crippen molar-refractivity contribution in [1.29, 1.82) is 0 Å². The van der Waals surface area contributed by atoms with Crippen LogP contribution < -0.4 is 15.2 Å². The number of hydrogen-bond acceptors (Lipinski definition) is 8. The fourth-order valence-corrected chi connectivity index (χ4v) is 4.52. The molecule has 9 heteroatoms. The number of carbonyl (C=O) groups is 1. The third-order valence-corrected chi connectivity index (χ3v) is 6.12. The predicted octanol–water partition coefficient (Wildman–Crippen LogP) is 4.57. The highest BCUT2D eigenvalue weighted by atomic mass is 16.6. The fourth-order valence-electron chi connectivity index (χ4n) is 4.52. The summed E-state index contributed by atoms with van der Waals surface area (Å²) in [5.41, 5.74) is 2.60. The van der Waals surface area contributed by atoms with Crippen LogP contribution in [0.25, 0.3) is 11.3 Å². The second-order valence-corrected chi connectivity index (χ2v) is 10.1. The summed E-state index contributed by atoms with van der Waals surface area (Å²) in [6, 6.07) is 7.32. The Labute approximate surface area is 220 Å². The molecule has 0 amide bonds. The van der Waals surface area contributed by atoms with Crippen molar-refractivity contribution in [3.8, 4) is 22.9 Å². The van der Waals surface area contributed by atoms with Crippen LogP contribution in [0.5, 0.6) is 11.6 Å². The van der Waals surface area contributed by atoms with Gasteiger partial charge in [-0.15, -0.1) is 0 Å². The Bertz CT molecular complexity index is 1410. The van der Waals surface area contributed by atoms with E-state index in [-0.39, 0.29) is 18.2 Å². The molecule has 0 saturated carbocycles. The maximum Gasteiger partial charge on any atom is 0.351 e. The van der Waals surface area contributed by atoms with Crippen molar-refractivity contribution in [1.82, 2.24) is 9.55 Å². The van der Waals surface area contributed by atoms with Gasteiger partial charge in [-0.05, 0) is 69.4 Å². The molecule has 0 spiro atoms. The summed E-state index contributed by atoms with van der Waals surface area (Å²) in [5.74, 6) is 0.790. The van der Waals surface area contributed by atoms with E-state index >= 15 is 0 Å². The molecule has 2 aliphatic heterocycles. The summed E-state index contributed by atoms with van der Waals surface area (Å²) >= 11 is 0. The summed E-state index contributed by atoms with van der Waals surface area (Å²) < 4.78 is 29.8. The second kappa shape index (κ2) is 10.6. The maximum absolute atomic E-state index is 13.0. The van der Waals surface area contributed by atoms with Crippen molar-refractivity contribution in [3.05, 3.63) is 88.7 Å². The van der Waals surface area contributed by atoms with E-state index in [2.05, 4.69) is 11.1 Å². The van der Waals surface area contributed by atoms with Gasteiger partial charge in [0.2, 0.25) is 5.88 Å². The van der Waals surface area contributed by atoms with Crippen molar-refractivity contribution in [2.45, 2.75) is 58.3 Å². The molecule has 0 fully saturated rings. The number of allylic oxidation sites excluding steroid dienone is 3. The van der Waals surface area contributed by atoms with Crippen molar-refractivity contribution in [2.24, 2.45) is 0 Å². The highest BCUT2D eigenvalue weighted by Gasteiger charge is 2.27. The lowest BCUT2D eigenvalue weighted by molar-refractivity contribution is -0.157. The smallest absolute Gasteiger partial charge is 0.351 e. The van der Waals surface area contributed by atoms with Crippen LogP contribution >= 0.6 is 0 Å². The lowest BCUT2D eigenvalue weighted by atomic mass is 9.97. The number of aryl methyl sites for hydroxylation is 1. The van der Waals surface area contributed by atoms with Gasteiger partial charge in [-0.2, -0.15) is 4.98 Å². The summed E-state index contributed by atoms with van der Waals surface area (Å²) in [4.78, 5) is 29.2. The largest absolute Gasteiger partial charge is 0.482 e. The Balaban J connectivity index is 1.40. The zero-order valence-electron chi connectivity index (χ0n) is 21.6. The molecule has 9 nitrogen and oxygen atoms in total. The van der Waals surface area contributed by atoms with Crippen molar-refractivity contribution in [2.75, 3.05) is 6.61 Å². The van der Waals surface area contributed by atoms with Crippen LogP contribution in [0.1, 0.15) is 39.2 Å². The molecule has 1 aromatic carbocycles. The molecular formula is C29H30N2O7. The first-order valence-corrected chi connectivity index (χ1v) is 12.6. The van der Waals surface area contributed by atoms with Crippen LogP contribution in [0.15, 0.2) is 77.4 Å². The Hall–Kier alpha value is -4.27. The minimum atomic E-state index is -0.591.